The Morgan fingerprint density at radius 2 is 2.20 bits per heavy atom. The molecule has 0 aromatic heterocycles. The number of carbonyl (C=O) groups is 1. The Morgan fingerprint density at radius 3 is 2.80 bits per heavy atom. The van der Waals surface area contributed by atoms with Gasteiger partial charge in [-0.3, -0.25) is 9.79 Å². The predicted molar refractivity (Wildman–Crippen MR) is 85.3 cm³/mol. The topological polar surface area (TPSA) is 62.7 Å². The molecule has 2 atom stereocenters. The van der Waals surface area contributed by atoms with Crippen LogP contribution in [0.5, 0.6) is 0 Å². The van der Waals surface area contributed by atoms with Crippen LogP contribution < -0.4 is 10.6 Å². The minimum absolute atomic E-state index is 0.137. The lowest BCUT2D eigenvalue weighted by molar-refractivity contribution is -0.140. The third-order valence-corrected chi connectivity index (χ3v) is 4.70. The number of methoxy groups -OCH3 is 1. The van der Waals surface area contributed by atoms with Crippen molar-refractivity contribution in [3.63, 3.8) is 0 Å². The summed E-state index contributed by atoms with van der Waals surface area (Å²) in [7, 11) is 3.22. The fourth-order valence-corrected chi connectivity index (χ4v) is 3.17. The number of hydrogen-bond donors (Lipinski definition) is 2. The molecule has 0 aromatic carbocycles. The van der Waals surface area contributed by atoms with Gasteiger partial charge >= 0.3 is 5.97 Å². The molecule has 5 nitrogen and oxygen atoms in total. The Hall–Kier alpha value is -0.910. The highest BCUT2D eigenvalue weighted by Crippen LogP contribution is 2.27. The first-order valence-electron chi connectivity index (χ1n) is 7.26. The molecular formula is C14H27N3O2S. The first kappa shape index (κ1) is 17.1. The summed E-state index contributed by atoms with van der Waals surface area (Å²) in [4.78, 5) is 15.2. The van der Waals surface area contributed by atoms with Gasteiger partial charge in [0.25, 0.3) is 0 Å². The van der Waals surface area contributed by atoms with Crippen molar-refractivity contribution in [1.29, 1.82) is 0 Å². The van der Waals surface area contributed by atoms with E-state index in [9.17, 15) is 4.79 Å². The van der Waals surface area contributed by atoms with Gasteiger partial charge in [-0.25, -0.2) is 0 Å². The Labute approximate surface area is 126 Å². The number of unbranched alkanes of at least 4 members (excludes halogenated alkanes) is 1. The van der Waals surface area contributed by atoms with Crippen molar-refractivity contribution in [1.82, 2.24) is 10.6 Å². The zero-order chi connectivity index (χ0) is 14.8. The summed E-state index contributed by atoms with van der Waals surface area (Å²) in [6.07, 6.45) is 8.17. The number of ether oxygens (including phenoxy) is 1. The van der Waals surface area contributed by atoms with E-state index in [0.29, 0.717) is 12.5 Å². The summed E-state index contributed by atoms with van der Waals surface area (Å²) < 4.78 is 4.61. The molecule has 0 spiro atoms. The molecule has 0 bridgehead atoms. The van der Waals surface area contributed by atoms with E-state index in [4.69, 9.17) is 0 Å². The molecule has 0 radical (unpaired) electrons. The van der Waals surface area contributed by atoms with Crippen molar-refractivity contribution in [3.8, 4) is 0 Å². The van der Waals surface area contributed by atoms with Gasteiger partial charge in [-0.1, -0.05) is 0 Å². The quantitative estimate of drug-likeness (QED) is 0.325. The first-order valence-corrected chi connectivity index (χ1v) is 8.55. The predicted octanol–water partition coefficient (Wildman–Crippen LogP) is 1.78. The maximum Gasteiger partial charge on any atom is 0.305 e. The van der Waals surface area contributed by atoms with Crippen LogP contribution >= 0.6 is 11.8 Å². The van der Waals surface area contributed by atoms with Crippen LogP contribution in [-0.2, 0) is 9.53 Å². The number of aliphatic imine (C=N–C) groups is 1. The van der Waals surface area contributed by atoms with Gasteiger partial charge in [-0.05, 0) is 38.4 Å². The monoisotopic (exact) mass is 301 g/mol. The van der Waals surface area contributed by atoms with Crippen LogP contribution in [0.1, 0.15) is 38.5 Å². The van der Waals surface area contributed by atoms with Crippen molar-refractivity contribution in [2.75, 3.05) is 27.0 Å². The Bertz CT molecular complexity index is 324. The lowest BCUT2D eigenvalue weighted by atomic mass is 10.2. The molecule has 1 fully saturated rings. The van der Waals surface area contributed by atoms with Crippen molar-refractivity contribution < 1.29 is 9.53 Å². The van der Waals surface area contributed by atoms with Crippen molar-refractivity contribution in [3.05, 3.63) is 0 Å². The standard InChI is InChI=1S/C14H27N3O2S/c1-15-14(16-9-5-4-6-13(18)19-2)17-11-7-8-12(10-11)20-3/h11-12H,4-10H2,1-3H3,(H2,15,16,17). The Morgan fingerprint density at radius 1 is 1.40 bits per heavy atom. The maximum atomic E-state index is 11.0. The third kappa shape index (κ3) is 6.50. The van der Waals surface area contributed by atoms with Gasteiger partial charge in [-0.2, -0.15) is 11.8 Å². The fraction of sp³-hybridized carbons (Fsp3) is 0.857. The molecule has 0 aliphatic heterocycles. The zero-order valence-corrected chi connectivity index (χ0v) is 13.6. The normalized spacial score (nSPS) is 22.6. The number of guanidine groups is 1. The molecule has 0 amide bonds. The van der Waals surface area contributed by atoms with Crippen LogP contribution in [0.4, 0.5) is 0 Å². The molecule has 1 rings (SSSR count). The average molecular weight is 301 g/mol. The second-order valence-corrected chi connectivity index (χ2v) is 6.18. The SMILES string of the molecule is CN=C(NCCCCC(=O)OC)NC1CCC(SC)C1. The van der Waals surface area contributed by atoms with Crippen LogP contribution in [0, 0.1) is 0 Å². The molecule has 0 aromatic rings. The largest absolute Gasteiger partial charge is 0.469 e. The second-order valence-electron chi connectivity index (χ2n) is 5.04. The van der Waals surface area contributed by atoms with E-state index in [-0.39, 0.29) is 5.97 Å². The lowest BCUT2D eigenvalue weighted by Gasteiger charge is -2.17. The van der Waals surface area contributed by atoms with Gasteiger partial charge < -0.3 is 15.4 Å². The van der Waals surface area contributed by atoms with Crippen LogP contribution in [0.3, 0.4) is 0 Å². The minimum atomic E-state index is -0.137. The minimum Gasteiger partial charge on any atom is -0.469 e. The highest BCUT2D eigenvalue weighted by Gasteiger charge is 2.24. The number of esters is 1. The number of hydrogen-bond acceptors (Lipinski definition) is 4. The summed E-state index contributed by atoms with van der Waals surface area (Å²) in [5.41, 5.74) is 0. The molecular weight excluding hydrogens is 274 g/mol. The summed E-state index contributed by atoms with van der Waals surface area (Å²) in [5.74, 6) is 0.733. The van der Waals surface area contributed by atoms with Crippen LogP contribution in [0.2, 0.25) is 0 Å². The summed E-state index contributed by atoms with van der Waals surface area (Å²) >= 11 is 1.96. The van der Waals surface area contributed by atoms with E-state index in [1.54, 1.807) is 7.05 Å². The fourth-order valence-electron chi connectivity index (χ4n) is 2.38. The molecule has 6 heteroatoms. The van der Waals surface area contributed by atoms with Gasteiger partial charge in [0.1, 0.15) is 0 Å². The number of nitrogens with zero attached hydrogens (tertiary/aromatic N) is 1. The van der Waals surface area contributed by atoms with Gasteiger partial charge in [0, 0.05) is 31.3 Å². The van der Waals surface area contributed by atoms with E-state index in [0.717, 1.165) is 30.6 Å². The summed E-state index contributed by atoms with van der Waals surface area (Å²) in [6.45, 7) is 0.829. The summed E-state index contributed by atoms with van der Waals surface area (Å²) in [6, 6.07) is 0.536. The van der Waals surface area contributed by atoms with E-state index < -0.39 is 0 Å². The highest BCUT2D eigenvalue weighted by atomic mass is 32.2. The average Bonchev–Trinajstić information content (AvgIpc) is 2.92. The molecule has 2 N–H and O–H groups in total. The molecule has 20 heavy (non-hydrogen) atoms. The molecule has 2 unspecified atom stereocenters. The Kier molecular flexibility index (Phi) is 8.49. The van der Waals surface area contributed by atoms with Crippen molar-refractivity contribution >= 4 is 23.7 Å². The molecule has 0 saturated heterocycles. The molecule has 1 aliphatic carbocycles. The number of carbonyl (C=O) groups excluding carboxylic acids is 1. The molecule has 1 saturated carbocycles. The number of nitrogens with one attached hydrogen (secondary N) is 2. The van der Waals surface area contributed by atoms with Gasteiger partial charge in [0.2, 0.25) is 0 Å². The maximum absolute atomic E-state index is 11.0. The number of thioether (sulfide) groups is 1. The van der Waals surface area contributed by atoms with Crippen LogP contribution in [-0.4, -0.2) is 50.2 Å². The second kappa shape index (κ2) is 9.91. The smallest absolute Gasteiger partial charge is 0.305 e. The van der Waals surface area contributed by atoms with E-state index in [2.05, 4.69) is 26.6 Å². The van der Waals surface area contributed by atoms with Gasteiger partial charge in [0.05, 0.1) is 7.11 Å². The first-order chi connectivity index (χ1) is 9.69. The number of rotatable bonds is 7. The van der Waals surface area contributed by atoms with E-state index in [1.807, 2.05) is 11.8 Å². The van der Waals surface area contributed by atoms with Gasteiger partial charge in [-0.15, -0.1) is 0 Å². The third-order valence-electron chi connectivity index (χ3n) is 3.61. The molecule has 0 heterocycles. The molecule has 116 valence electrons. The van der Waals surface area contributed by atoms with E-state index >= 15 is 0 Å². The molecule has 1 aliphatic rings. The Balaban J connectivity index is 2.13. The zero-order valence-electron chi connectivity index (χ0n) is 12.8. The highest BCUT2D eigenvalue weighted by molar-refractivity contribution is 7.99. The van der Waals surface area contributed by atoms with Crippen molar-refractivity contribution in [2.45, 2.75) is 49.8 Å². The van der Waals surface area contributed by atoms with Gasteiger partial charge in [0.15, 0.2) is 5.96 Å². The van der Waals surface area contributed by atoms with Crippen LogP contribution in [0.15, 0.2) is 4.99 Å². The lowest BCUT2D eigenvalue weighted by Crippen LogP contribution is -2.42. The van der Waals surface area contributed by atoms with Crippen molar-refractivity contribution in [2.24, 2.45) is 4.99 Å². The van der Waals surface area contributed by atoms with Crippen LogP contribution in [0.25, 0.3) is 0 Å². The van der Waals surface area contributed by atoms with E-state index in [1.165, 1.54) is 26.4 Å². The summed E-state index contributed by atoms with van der Waals surface area (Å²) in [5, 5.41) is 7.56.